The van der Waals surface area contributed by atoms with E-state index >= 15 is 0 Å². The van der Waals surface area contributed by atoms with Crippen molar-refractivity contribution < 1.29 is 14.6 Å². The fourth-order valence-corrected chi connectivity index (χ4v) is 1.08. The number of hydrogen-bond acceptors (Lipinski definition) is 4. The van der Waals surface area contributed by atoms with E-state index in [0.29, 0.717) is 0 Å². The van der Waals surface area contributed by atoms with Gasteiger partial charge in [0.15, 0.2) is 6.10 Å². The Labute approximate surface area is 86.1 Å². The Kier molecular flexibility index (Phi) is 3.99. The largest absolute Gasteiger partial charge is 0.479 e. The third kappa shape index (κ3) is 3.17. The van der Waals surface area contributed by atoms with Crippen LogP contribution in [0, 0.1) is 0 Å². The van der Waals surface area contributed by atoms with Crippen LogP contribution in [0.3, 0.4) is 0 Å². The van der Waals surface area contributed by atoms with Crippen LogP contribution in [0.15, 0.2) is 23.1 Å². The zero-order valence-corrected chi connectivity index (χ0v) is 8.29. The molecule has 6 nitrogen and oxygen atoms in total. The monoisotopic (exact) mass is 212 g/mol. The Bertz CT molecular complexity index is 388. The van der Waals surface area contributed by atoms with E-state index in [1.54, 1.807) is 6.92 Å². The van der Waals surface area contributed by atoms with Crippen molar-refractivity contribution in [2.24, 2.45) is 0 Å². The summed E-state index contributed by atoms with van der Waals surface area (Å²) in [5.74, 6) is -1.10. The molecule has 0 amide bonds. The van der Waals surface area contributed by atoms with Crippen LogP contribution in [0.25, 0.3) is 0 Å². The van der Waals surface area contributed by atoms with E-state index in [-0.39, 0.29) is 18.7 Å². The molecule has 1 unspecified atom stereocenters. The second-order valence-corrected chi connectivity index (χ2v) is 2.83. The molecule has 6 heteroatoms. The fraction of sp³-hybridized carbons (Fsp3) is 0.444. The van der Waals surface area contributed by atoms with E-state index in [0.717, 1.165) is 4.68 Å². The van der Waals surface area contributed by atoms with Gasteiger partial charge in [-0.2, -0.15) is 5.10 Å². The number of nitrogens with zero attached hydrogens (tertiary/aromatic N) is 2. The molecule has 0 aliphatic rings. The molecular weight excluding hydrogens is 200 g/mol. The highest BCUT2D eigenvalue weighted by atomic mass is 16.5. The van der Waals surface area contributed by atoms with Crippen LogP contribution in [0.4, 0.5) is 0 Å². The minimum absolute atomic E-state index is 0.0805. The fourth-order valence-electron chi connectivity index (χ4n) is 1.08. The van der Waals surface area contributed by atoms with Crippen molar-refractivity contribution in [1.29, 1.82) is 0 Å². The van der Waals surface area contributed by atoms with E-state index in [1.807, 2.05) is 0 Å². The van der Waals surface area contributed by atoms with Gasteiger partial charge in [0.1, 0.15) is 0 Å². The molecule has 15 heavy (non-hydrogen) atoms. The lowest BCUT2D eigenvalue weighted by atomic mass is 10.3. The van der Waals surface area contributed by atoms with Gasteiger partial charge in [-0.1, -0.05) is 0 Å². The maximum atomic E-state index is 11.2. The van der Waals surface area contributed by atoms with Crippen molar-refractivity contribution in [3.8, 4) is 0 Å². The standard InChI is InChI=1S/C9H12N2O4/c1-2-15-7(9(13)14)6-11-8(12)4-3-5-10-11/h3-5,7H,2,6H2,1H3,(H,13,14). The summed E-state index contributed by atoms with van der Waals surface area (Å²) in [5, 5.41) is 12.5. The lowest BCUT2D eigenvalue weighted by Crippen LogP contribution is -2.34. The van der Waals surface area contributed by atoms with Gasteiger partial charge in [-0.3, -0.25) is 4.79 Å². The SMILES string of the molecule is CCOC(Cn1ncccc1=O)C(=O)O. The molecule has 1 rings (SSSR count). The van der Waals surface area contributed by atoms with Crippen molar-refractivity contribution in [3.05, 3.63) is 28.7 Å². The van der Waals surface area contributed by atoms with E-state index < -0.39 is 12.1 Å². The molecule has 0 radical (unpaired) electrons. The van der Waals surface area contributed by atoms with Crippen LogP contribution < -0.4 is 5.56 Å². The maximum Gasteiger partial charge on any atom is 0.334 e. The molecule has 0 aliphatic heterocycles. The summed E-state index contributed by atoms with van der Waals surface area (Å²) in [6, 6.07) is 2.81. The van der Waals surface area contributed by atoms with E-state index in [9.17, 15) is 9.59 Å². The third-order valence-electron chi connectivity index (χ3n) is 1.77. The van der Waals surface area contributed by atoms with Crippen LogP contribution in [-0.2, 0) is 16.1 Å². The average molecular weight is 212 g/mol. The van der Waals surface area contributed by atoms with Crippen molar-refractivity contribution in [2.75, 3.05) is 6.61 Å². The normalized spacial score (nSPS) is 12.3. The van der Waals surface area contributed by atoms with Crippen molar-refractivity contribution in [3.63, 3.8) is 0 Å². The molecule has 1 heterocycles. The average Bonchev–Trinajstić information content (AvgIpc) is 2.20. The Hall–Kier alpha value is -1.69. The van der Waals surface area contributed by atoms with Gasteiger partial charge in [-0.05, 0) is 13.0 Å². The van der Waals surface area contributed by atoms with Gasteiger partial charge in [-0.15, -0.1) is 0 Å². The summed E-state index contributed by atoms with van der Waals surface area (Å²) < 4.78 is 6.03. The highest BCUT2D eigenvalue weighted by molar-refractivity contribution is 5.72. The number of aliphatic carboxylic acids is 1. The summed E-state index contributed by atoms with van der Waals surface area (Å²) in [7, 11) is 0. The minimum atomic E-state index is -1.10. The molecule has 1 aromatic rings. The van der Waals surface area contributed by atoms with Crippen molar-refractivity contribution in [2.45, 2.75) is 19.6 Å². The zero-order valence-electron chi connectivity index (χ0n) is 8.29. The van der Waals surface area contributed by atoms with Crippen LogP contribution >= 0.6 is 0 Å². The van der Waals surface area contributed by atoms with Crippen LogP contribution in [0.5, 0.6) is 0 Å². The molecule has 0 bridgehead atoms. The first kappa shape index (κ1) is 11.4. The molecule has 1 atom stereocenters. The molecule has 0 fully saturated rings. The van der Waals surface area contributed by atoms with Gasteiger partial charge >= 0.3 is 5.97 Å². The Morgan fingerprint density at radius 3 is 3.00 bits per heavy atom. The first-order chi connectivity index (χ1) is 7.15. The maximum absolute atomic E-state index is 11.2. The van der Waals surface area contributed by atoms with Crippen molar-refractivity contribution in [1.82, 2.24) is 9.78 Å². The number of ether oxygens (including phenoxy) is 1. The number of carboxylic acid groups (broad SMARTS) is 1. The van der Waals surface area contributed by atoms with Crippen molar-refractivity contribution >= 4 is 5.97 Å². The summed E-state index contributed by atoms with van der Waals surface area (Å²) in [5.41, 5.74) is -0.344. The molecule has 82 valence electrons. The van der Waals surface area contributed by atoms with Crippen LogP contribution in [-0.4, -0.2) is 33.6 Å². The molecular formula is C9H12N2O4. The van der Waals surface area contributed by atoms with Crippen LogP contribution in [0.2, 0.25) is 0 Å². The number of aromatic nitrogens is 2. The predicted molar refractivity (Wildman–Crippen MR) is 51.5 cm³/mol. The van der Waals surface area contributed by atoms with E-state index in [2.05, 4.69) is 5.10 Å². The van der Waals surface area contributed by atoms with Gasteiger partial charge in [0.05, 0.1) is 6.54 Å². The summed E-state index contributed by atoms with van der Waals surface area (Å²) >= 11 is 0. The number of carbonyl (C=O) groups is 1. The quantitative estimate of drug-likeness (QED) is 0.726. The Morgan fingerprint density at radius 2 is 2.47 bits per heavy atom. The zero-order chi connectivity index (χ0) is 11.3. The number of carboxylic acids is 1. The summed E-state index contributed by atoms with van der Waals surface area (Å²) in [4.78, 5) is 22.0. The van der Waals surface area contributed by atoms with Gasteiger partial charge in [0.25, 0.3) is 5.56 Å². The molecule has 1 N–H and O–H groups in total. The third-order valence-corrected chi connectivity index (χ3v) is 1.77. The lowest BCUT2D eigenvalue weighted by Gasteiger charge is -2.12. The second kappa shape index (κ2) is 5.26. The Balaban J connectivity index is 2.79. The first-order valence-electron chi connectivity index (χ1n) is 4.51. The number of rotatable bonds is 5. The molecule has 0 saturated carbocycles. The highest BCUT2D eigenvalue weighted by Crippen LogP contribution is 1.95. The number of hydrogen-bond donors (Lipinski definition) is 1. The minimum Gasteiger partial charge on any atom is -0.479 e. The molecule has 0 saturated heterocycles. The first-order valence-corrected chi connectivity index (χ1v) is 4.51. The van der Waals surface area contributed by atoms with Gasteiger partial charge in [-0.25, -0.2) is 9.48 Å². The summed E-state index contributed by atoms with van der Waals surface area (Å²) in [6.45, 7) is 1.89. The van der Waals surface area contributed by atoms with Crippen LogP contribution in [0.1, 0.15) is 6.92 Å². The van der Waals surface area contributed by atoms with E-state index in [4.69, 9.17) is 9.84 Å². The Morgan fingerprint density at radius 1 is 1.73 bits per heavy atom. The van der Waals surface area contributed by atoms with Gasteiger partial charge in [0.2, 0.25) is 0 Å². The smallest absolute Gasteiger partial charge is 0.334 e. The summed E-state index contributed by atoms with van der Waals surface area (Å²) in [6.07, 6.45) is 0.384. The molecule has 0 aliphatic carbocycles. The van der Waals surface area contributed by atoms with Gasteiger partial charge in [0, 0.05) is 18.9 Å². The molecule has 0 spiro atoms. The van der Waals surface area contributed by atoms with Gasteiger partial charge < -0.3 is 9.84 Å². The molecule has 0 aromatic carbocycles. The lowest BCUT2D eigenvalue weighted by molar-refractivity contribution is -0.151. The highest BCUT2D eigenvalue weighted by Gasteiger charge is 2.18. The topological polar surface area (TPSA) is 81.4 Å². The molecule has 1 aromatic heterocycles. The second-order valence-electron chi connectivity index (χ2n) is 2.83. The predicted octanol–water partition coefficient (Wildman–Crippen LogP) is -0.267. The van der Waals surface area contributed by atoms with E-state index in [1.165, 1.54) is 18.3 Å².